The van der Waals surface area contributed by atoms with Crippen LogP contribution in [0.4, 0.5) is 0 Å². The Hall–Kier alpha value is -1.77. The zero-order valence-electron chi connectivity index (χ0n) is 11.4. The predicted molar refractivity (Wildman–Crippen MR) is 75.3 cm³/mol. The van der Waals surface area contributed by atoms with Crippen LogP contribution in [0.25, 0.3) is 11.0 Å². The lowest BCUT2D eigenvalue weighted by molar-refractivity contribution is -0.119. The third-order valence-corrected chi connectivity index (χ3v) is 4.12. The van der Waals surface area contributed by atoms with Crippen molar-refractivity contribution in [3.8, 4) is 0 Å². The summed E-state index contributed by atoms with van der Waals surface area (Å²) in [6.07, 6.45) is 1.68. The first-order valence-electron chi connectivity index (χ1n) is 6.97. The molecule has 2 atom stereocenters. The third kappa shape index (κ3) is 2.25. The van der Waals surface area contributed by atoms with Crippen LogP contribution < -0.4 is 5.32 Å². The van der Waals surface area contributed by atoms with Gasteiger partial charge in [-0.1, -0.05) is 19.9 Å². The van der Waals surface area contributed by atoms with Gasteiger partial charge in [-0.05, 0) is 36.1 Å². The number of nitrogens with one attached hydrogen (secondary N) is 1. The highest BCUT2D eigenvalue weighted by molar-refractivity contribution is 5.81. The number of carbonyl (C=O) groups is 1. The second-order valence-electron chi connectivity index (χ2n) is 5.46. The molecular weight excluding hydrogens is 238 g/mol. The van der Waals surface area contributed by atoms with Gasteiger partial charge in [0.15, 0.2) is 0 Å². The molecule has 3 rings (SSSR count). The number of benzene rings is 1. The fraction of sp³-hybridized carbons (Fsp3) is 0.438. The molecule has 2 unspecified atom stereocenters. The van der Waals surface area contributed by atoms with Gasteiger partial charge in [0, 0.05) is 24.3 Å². The Kier molecular flexibility index (Phi) is 3.05. The van der Waals surface area contributed by atoms with Crippen molar-refractivity contribution in [2.75, 3.05) is 6.54 Å². The molecule has 19 heavy (non-hydrogen) atoms. The first-order chi connectivity index (χ1) is 9.17. The molecule has 1 saturated heterocycles. The number of carbonyl (C=O) groups excluding carboxylic acids is 1. The molecule has 1 aromatic heterocycles. The molecule has 2 aromatic rings. The van der Waals surface area contributed by atoms with E-state index in [9.17, 15) is 4.79 Å². The predicted octanol–water partition coefficient (Wildman–Crippen LogP) is 3.55. The fourth-order valence-electron chi connectivity index (χ4n) is 2.63. The lowest BCUT2D eigenvalue weighted by atomic mass is 9.97. The van der Waals surface area contributed by atoms with Crippen LogP contribution in [0.1, 0.15) is 49.8 Å². The maximum Gasteiger partial charge on any atom is 0.220 e. The second kappa shape index (κ2) is 4.72. The summed E-state index contributed by atoms with van der Waals surface area (Å²) in [5.41, 5.74) is 2.27. The van der Waals surface area contributed by atoms with E-state index in [1.807, 2.05) is 6.07 Å². The molecule has 100 valence electrons. The van der Waals surface area contributed by atoms with Crippen molar-refractivity contribution in [2.45, 2.75) is 38.5 Å². The van der Waals surface area contributed by atoms with Gasteiger partial charge in [0.1, 0.15) is 11.3 Å². The third-order valence-electron chi connectivity index (χ3n) is 4.12. The molecule has 1 amide bonds. The van der Waals surface area contributed by atoms with Gasteiger partial charge in [-0.2, -0.15) is 0 Å². The minimum absolute atomic E-state index is 0.116. The van der Waals surface area contributed by atoms with Crippen molar-refractivity contribution >= 4 is 16.9 Å². The van der Waals surface area contributed by atoms with Crippen LogP contribution in [0, 0.1) is 0 Å². The van der Waals surface area contributed by atoms with Crippen LogP contribution in [-0.4, -0.2) is 12.5 Å². The van der Waals surface area contributed by atoms with Gasteiger partial charge in [-0.3, -0.25) is 4.79 Å². The molecule has 3 heteroatoms. The van der Waals surface area contributed by atoms with Gasteiger partial charge < -0.3 is 9.73 Å². The summed E-state index contributed by atoms with van der Waals surface area (Å²) in [5, 5.41) is 4.00. The average Bonchev–Trinajstić information content (AvgIpc) is 3.02. The summed E-state index contributed by atoms with van der Waals surface area (Å²) < 4.78 is 5.88. The number of fused-ring (bicyclic) bond motifs is 1. The number of amides is 1. The maximum atomic E-state index is 11.3. The summed E-state index contributed by atoms with van der Waals surface area (Å²) in [7, 11) is 0. The molecule has 2 heterocycles. The van der Waals surface area contributed by atoms with Crippen molar-refractivity contribution in [3.63, 3.8) is 0 Å². The quantitative estimate of drug-likeness (QED) is 0.913. The van der Waals surface area contributed by atoms with E-state index in [1.165, 1.54) is 5.56 Å². The largest absolute Gasteiger partial charge is 0.461 e. The monoisotopic (exact) mass is 257 g/mol. The van der Waals surface area contributed by atoms with Gasteiger partial charge in [0.2, 0.25) is 5.91 Å². The summed E-state index contributed by atoms with van der Waals surface area (Å²) >= 11 is 0. The van der Waals surface area contributed by atoms with Crippen molar-refractivity contribution < 1.29 is 9.21 Å². The normalized spacial score (nSPS) is 20.7. The van der Waals surface area contributed by atoms with Crippen molar-refractivity contribution in [1.29, 1.82) is 0 Å². The molecule has 0 aliphatic carbocycles. The lowest BCUT2D eigenvalue weighted by Crippen LogP contribution is -2.13. The van der Waals surface area contributed by atoms with Crippen LogP contribution in [0.3, 0.4) is 0 Å². The van der Waals surface area contributed by atoms with Crippen LogP contribution in [0.5, 0.6) is 0 Å². The highest BCUT2D eigenvalue weighted by atomic mass is 16.3. The summed E-state index contributed by atoms with van der Waals surface area (Å²) in [6, 6.07) is 8.49. The average molecular weight is 257 g/mol. The van der Waals surface area contributed by atoms with E-state index in [-0.39, 0.29) is 11.8 Å². The van der Waals surface area contributed by atoms with E-state index in [0.29, 0.717) is 18.9 Å². The Morgan fingerprint density at radius 1 is 1.42 bits per heavy atom. The SMILES string of the molecule is CCC(C)c1ccc2oc(C3CNC(=O)C3)cc2c1. The molecule has 1 fully saturated rings. The van der Waals surface area contributed by atoms with Crippen LogP contribution >= 0.6 is 0 Å². The van der Waals surface area contributed by atoms with E-state index < -0.39 is 0 Å². The number of furan rings is 1. The highest BCUT2D eigenvalue weighted by Crippen LogP contribution is 2.31. The smallest absolute Gasteiger partial charge is 0.220 e. The molecule has 3 nitrogen and oxygen atoms in total. The Balaban J connectivity index is 1.94. The molecule has 0 radical (unpaired) electrons. The Labute approximate surface area is 113 Å². The Morgan fingerprint density at radius 3 is 2.95 bits per heavy atom. The van der Waals surface area contributed by atoms with E-state index >= 15 is 0 Å². The van der Waals surface area contributed by atoms with Crippen molar-refractivity contribution in [1.82, 2.24) is 5.32 Å². The molecule has 1 aliphatic rings. The number of hydrogen-bond donors (Lipinski definition) is 1. The first kappa shape index (κ1) is 12.3. The van der Waals surface area contributed by atoms with Crippen LogP contribution in [0.15, 0.2) is 28.7 Å². The second-order valence-corrected chi connectivity index (χ2v) is 5.46. The number of rotatable bonds is 3. The van der Waals surface area contributed by atoms with Crippen molar-refractivity contribution in [2.24, 2.45) is 0 Å². The topological polar surface area (TPSA) is 42.2 Å². The van der Waals surface area contributed by atoms with Crippen molar-refractivity contribution in [3.05, 3.63) is 35.6 Å². The summed E-state index contributed by atoms with van der Waals surface area (Å²) in [4.78, 5) is 11.3. The minimum atomic E-state index is 0.116. The molecule has 0 spiro atoms. The summed E-state index contributed by atoms with van der Waals surface area (Å²) in [6.45, 7) is 5.13. The van der Waals surface area contributed by atoms with Gasteiger partial charge in [0.05, 0.1) is 0 Å². The lowest BCUT2D eigenvalue weighted by Gasteiger charge is -2.07. The zero-order valence-corrected chi connectivity index (χ0v) is 11.4. The van der Waals surface area contributed by atoms with Crippen LogP contribution in [-0.2, 0) is 4.79 Å². The maximum absolute atomic E-state index is 11.3. The van der Waals surface area contributed by atoms with E-state index in [0.717, 1.165) is 23.2 Å². The van der Waals surface area contributed by atoms with Gasteiger partial charge in [-0.15, -0.1) is 0 Å². The van der Waals surface area contributed by atoms with Gasteiger partial charge in [0.25, 0.3) is 0 Å². The molecular formula is C16H19NO2. The van der Waals surface area contributed by atoms with E-state index in [1.54, 1.807) is 0 Å². The van der Waals surface area contributed by atoms with Gasteiger partial charge >= 0.3 is 0 Å². The first-order valence-corrected chi connectivity index (χ1v) is 6.97. The fourth-order valence-corrected chi connectivity index (χ4v) is 2.63. The van der Waals surface area contributed by atoms with E-state index in [2.05, 4.69) is 37.4 Å². The Morgan fingerprint density at radius 2 is 2.26 bits per heavy atom. The van der Waals surface area contributed by atoms with E-state index in [4.69, 9.17) is 4.42 Å². The van der Waals surface area contributed by atoms with Gasteiger partial charge in [-0.25, -0.2) is 0 Å². The standard InChI is InChI=1S/C16H19NO2/c1-3-10(2)11-4-5-14-12(6-11)7-15(19-14)13-8-16(18)17-9-13/h4-7,10,13H,3,8-9H2,1-2H3,(H,17,18). The zero-order chi connectivity index (χ0) is 13.4. The molecule has 1 aliphatic heterocycles. The summed E-state index contributed by atoms with van der Waals surface area (Å²) in [5.74, 6) is 1.80. The molecule has 1 N–H and O–H groups in total. The Bertz CT molecular complexity index is 614. The highest BCUT2D eigenvalue weighted by Gasteiger charge is 2.26. The van der Waals surface area contributed by atoms with Crippen LogP contribution in [0.2, 0.25) is 0 Å². The molecule has 0 bridgehead atoms. The minimum Gasteiger partial charge on any atom is -0.461 e. The molecule has 1 aromatic carbocycles. The number of hydrogen-bond acceptors (Lipinski definition) is 2. The molecule has 0 saturated carbocycles.